The Bertz CT molecular complexity index is 2990. The Balaban J connectivity index is 1.07. The Labute approximate surface area is 349 Å². The summed E-state index contributed by atoms with van der Waals surface area (Å²) < 4.78 is 7.10. The SMILES string of the molecule is C1=CCCC(C2=NC(c3cccc4c3oc3cc(N(c5ccc(-c6ccccc6)cc5)c5ccc(-c6ccccc6)cc5)c5ccccc5c34)NC(C3C=CC=CC3)=N2)=C1. The van der Waals surface area contributed by atoms with Gasteiger partial charge in [0.05, 0.1) is 5.69 Å². The van der Waals surface area contributed by atoms with Crippen molar-refractivity contribution >= 4 is 61.4 Å². The molecule has 0 saturated heterocycles. The minimum absolute atomic E-state index is 0.151. The van der Waals surface area contributed by atoms with Crippen molar-refractivity contribution in [1.29, 1.82) is 0 Å². The molecular weight excluding hydrogens is 733 g/mol. The molecule has 288 valence electrons. The molecule has 1 aliphatic heterocycles. The van der Waals surface area contributed by atoms with Crippen LogP contribution in [0.1, 0.15) is 31.0 Å². The number of nitrogens with one attached hydrogen (secondary N) is 1. The zero-order chi connectivity index (χ0) is 39.8. The fourth-order valence-corrected chi connectivity index (χ4v) is 8.89. The molecule has 1 N–H and O–H groups in total. The van der Waals surface area contributed by atoms with Crippen molar-refractivity contribution < 1.29 is 4.42 Å². The van der Waals surface area contributed by atoms with Gasteiger partial charge in [-0.05, 0) is 76.7 Å². The molecule has 11 rings (SSSR count). The molecule has 5 heteroatoms. The highest BCUT2D eigenvalue weighted by molar-refractivity contribution is 6.23. The van der Waals surface area contributed by atoms with Gasteiger partial charge in [0.1, 0.15) is 17.0 Å². The maximum absolute atomic E-state index is 7.10. The van der Waals surface area contributed by atoms with Crippen LogP contribution in [-0.2, 0) is 0 Å². The number of benzene rings is 7. The number of nitrogens with zero attached hydrogens (tertiary/aromatic N) is 3. The largest absolute Gasteiger partial charge is 0.456 e. The Morgan fingerprint density at radius 1 is 0.600 bits per heavy atom. The minimum atomic E-state index is -0.364. The van der Waals surface area contributed by atoms with E-state index in [1.165, 1.54) is 22.3 Å². The van der Waals surface area contributed by atoms with Gasteiger partial charge in [-0.3, -0.25) is 0 Å². The topological polar surface area (TPSA) is 53.1 Å². The summed E-state index contributed by atoms with van der Waals surface area (Å²) in [5, 5.41) is 8.19. The third kappa shape index (κ3) is 6.54. The lowest BCUT2D eigenvalue weighted by Crippen LogP contribution is -2.37. The van der Waals surface area contributed by atoms with Crippen LogP contribution in [0.15, 0.2) is 220 Å². The third-order valence-corrected chi connectivity index (χ3v) is 11.9. The summed E-state index contributed by atoms with van der Waals surface area (Å²) in [5.74, 6) is 1.89. The zero-order valence-electron chi connectivity index (χ0n) is 33.1. The van der Waals surface area contributed by atoms with Crippen LogP contribution in [0.25, 0.3) is 55.0 Å². The van der Waals surface area contributed by atoms with E-state index in [0.717, 1.165) is 91.8 Å². The van der Waals surface area contributed by atoms with Crippen molar-refractivity contribution in [3.63, 3.8) is 0 Å². The van der Waals surface area contributed by atoms with Crippen molar-refractivity contribution in [3.05, 3.63) is 211 Å². The van der Waals surface area contributed by atoms with Gasteiger partial charge in [-0.25, -0.2) is 9.98 Å². The molecule has 5 nitrogen and oxygen atoms in total. The smallest absolute Gasteiger partial charge is 0.154 e. The van der Waals surface area contributed by atoms with E-state index in [9.17, 15) is 0 Å². The predicted octanol–water partition coefficient (Wildman–Crippen LogP) is 14.4. The van der Waals surface area contributed by atoms with Gasteiger partial charge in [-0.2, -0.15) is 0 Å². The quantitative estimate of drug-likeness (QED) is 0.167. The second-order valence-electron chi connectivity index (χ2n) is 15.6. The van der Waals surface area contributed by atoms with Crippen molar-refractivity contribution in [2.75, 3.05) is 4.90 Å². The van der Waals surface area contributed by atoms with Crippen LogP contribution in [0.3, 0.4) is 0 Å². The molecule has 0 amide bonds. The van der Waals surface area contributed by atoms with E-state index in [1.54, 1.807) is 0 Å². The summed E-state index contributed by atoms with van der Waals surface area (Å²) in [6.45, 7) is 0. The van der Waals surface area contributed by atoms with Crippen LogP contribution >= 0.6 is 0 Å². The maximum Gasteiger partial charge on any atom is 0.154 e. The molecule has 3 aliphatic rings. The first-order valence-electron chi connectivity index (χ1n) is 20.9. The summed E-state index contributed by atoms with van der Waals surface area (Å²) in [7, 11) is 0. The number of anilines is 3. The van der Waals surface area contributed by atoms with Gasteiger partial charge in [0.25, 0.3) is 0 Å². The molecule has 0 radical (unpaired) electrons. The van der Waals surface area contributed by atoms with Gasteiger partial charge in [-0.1, -0.05) is 170 Å². The summed E-state index contributed by atoms with van der Waals surface area (Å²) in [5.41, 5.74) is 11.7. The number of rotatable bonds is 8. The summed E-state index contributed by atoms with van der Waals surface area (Å²) in [4.78, 5) is 12.8. The van der Waals surface area contributed by atoms with E-state index in [2.05, 4.69) is 210 Å². The lowest BCUT2D eigenvalue weighted by atomic mass is 9.97. The van der Waals surface area contributed by atoms with E-state index in [0.29, 0.717) is 0 Å². The average Bonchev–Trinajstić information content (AvgIpc) is 3.72. The maximum atomic E-state index is 7.10. The summed E-state index contributed by atoms with van der Waals surface area (Å²) >= 11 is 0. The number of amidine groups is 2. The van der Waals surface area contributed by atoms with Crippen LogP contribution in [0.5, 0.6) is 0 Å². The average molecular weight is 775 g/mol. The van der Waals surface area contributed by atoms with Crippen molar-refractivity contribution in [3.8, 4) is 22.3 Å². The molecule has 2 aliphatic carbocycles. The highest BCUT2D eigenvalue weighted by atomic mass is 16.3. The van der Waals surface area contributed by atoms with Crippen molar-refractivity contribution in [1.82, 2.24) is 5.32 Å². The number of fused-ring (bicyclic) bond motifs is 5. The normalized spacial score (nSPS) is 17.4. The van der Waals surface area contributed by atoms with Gasteiger partial charge in [-0.15, -0.1) is 0 Å². The van der Waals surface area contributed by atoms with Gasteiger partial charge in [0.15, 0.2) is 12.0 Å². The van der Waals surface area contributed by atoms with Gasteiger partial charge >= 0.3 is 0 Å². The number of hydrogen-bond donors (Lipinski definition) is 1. The first-order chi connectivity index (χ1) is 29.7. The number of aliphatic imine (C=N–C) groups is 2. The first kappa shape index (κ1) is 35.6. The molecule has 0 spiro atoms. The Morgan fingerprint density at radius 3 is 1.90 bits per heavy atom. The first-order valence-corrected chi connectivity index (χ1v) is 20.9. The molecule has 2 atom stereocenters. The Hall–Kier alpha value is -7.50. The van der Waals surface area contributed by atoms with Gasteiger partial charge in [0.2, 0.25) is 0 Å². The van der Waals surface area contributed by atoms with Crippen molar-refractivity contribution in [2.45, 2.75) is 25.4 Å². The van der Waals surface area contributed by atoms with Crippen LogP contribution in [0.2, 0.25) is 0 Å². The second-order valence-corrected chi connectivity index (χ2v) is 15.6. The summed E-state index contributed by atoms with van der Waals surface area (Å²) in [6, 6.07) is 56.3. The number of furan rings is 1. The standard InChI is InChI=1S/C55H42N4O/c1-5-16-37(17-6-1)39-28-32-43(33-29-39)59(44-34-30-40(31-35-44)38-18-7-2-8-19-38)49-36-50-51(46-25-14-13-24-45(46)49)47-26-15-27-48(52(47)60-50)55-57-53(41-20-9-3-10-21-41)56-54(58-55)42-22-11-4-12-23-42/h1-11,13-20,22,24-36,41,55H,12,21,23H2,(H,56,57,58). The molecule has 0 fully saturated rings. The molecule has 2 unspecified atom stereocenters. The highest BCUT2D eigenvalue weighted by Crippen LogP contribution is 2.46. The van der Waals surface area contributed by atoms with E-state index in [1.807, 2.05) is 0 Å². The minimum Gasteiger partial charge on any atom is -0.456 e. The lowest BCUT2D eigenvalue weighted by Gasteiger charge is -2.28. The van der Waals surface area contributed by atoms with Gasteiger partial charge in [0, 0.05) is 45.1 Å². The van der Waals surface area contributed by atoms with E-state index < -0.39 is 0 Å². The van der Waals surface area contributed by atoms with E-state index >= 15 is 0 Å². The van der Waals surface area contributed by atoms with E-state index in [-0.39, 0.29) is 12.1 Å². The zero-order valence-corrected chi connectivity index (χ0v) is 33.1. The van der Waals surface area contributed by atoms with E-state index in [4.69, 9.17) is 14.4 Å². The highest BCUT2D eigenvalue weighted by Gasteiger charge is 2.28. The lowest BCUT2D eigenvalue weighted by molar-refractivity contribution is 0.615. The monoisotopic (exact) mass is 774 g/mol. The number of allylic oxidation sites excluding steroid dienone is 6. The van der Waals surface area contributed by atoms with Crippen LogP contribution in [0.4, 0.5) is 17.1 Å². The van der Waals surface area contributed by atoms with Crippen LogP contribution in [-0.4, -0.2) is 11.7 Å². The number of hydrogen-bond acceptors (Lipinski definition) is 5. The molecule has 1 aromatic heterocycles. The molecule has 7 aromatic carbocycles. The molecule has 2 heterocycles. The molecule has 8 aromatic rings. The number of para-hydroxylation sites is 1. The van der Waals surface area contributed by atoms with Crippen LogP contribution in [0, 0.1) is 5.92 Å². The van der Waals surface area contributed by atoms with Crippen molar-refractivity contribution in [2.24, 2.45) is 15.9 Å². The molecule has 60 heavy (non-hydrogen) atoms. The Kier molecular flexibility index (Phi) is 9.12. The predicted molar refractivity (Wildman–Crippen MR) is 250 cm³/mol. The summed E-state index contributed by atoms with van der Waals surface area (Å²) in [6.07, 6.45) is 17.6. The second kappa shape index (κ2) is 15.3. The Morgan fingerprint density at radius 2 is 1.25 bits per heavy atom. The van der Waals surface area contributed by atoms with Gasteiger partial charge < -0.3 is 14.6 Å². The fraction of sp³-hybridized carbons (Fsp3) is 0.0909. The molecular formula is C55H42N4O. The van der Waals surface area contributed by atoms with Crippen LogP contribution < -0.4 is 10.2 Å². The third-order valence-electron chi connectivity index (χ3n) is 11.9. The fourth-order valence-electron chi connectivity index (χ4n) is 8.89. The molecule has 0 bridgehead atoms. The molecule has 0 saturated carbocycles.